The maximum absolute atomic E-state index is 10.4. The standard InChI is InChI=1S/C29H54O2/c1-3-28(2)26-24-22-20-18-16-14-12-10-8-6-4-5-7-9-11-13-15-17-19-21-23-25-27-29(30)31/h11,13,19,21,28H,3-10,12,14-18,20,22-27H2,1-2H3,(H,30,31)/b13-11-,21-19-. The van der Waals surface area contributed by atoms with Gasteiger partial charge in [-0.3, -0.25) is 4.79 Å². The van der Waals surface area contributed by atoms with E-state index >= 15 is 0 Å². The van der Waals surface area contributed by atoms with Gasteiger partial charge in [0.25, 0.3) is 0 Å². The van der Waals surface area contributed by atoms with E-state index in [1.165, 1.54) is 103 Å². The van der Waals surface area contributed by atoms with Gasteiger partial charge in [-0.25, -0.2) is 0 Å². The Bertz CT molecular complexity index is 424. The second-order valence-electron chi connectivity index (χ2n) is 9.49. The van der Waals surface area contributed by atoms with Gasteiger partial charge in [0.2, 0.25) is 0 Å². The molecule has 31 heavy (non-hydrogen) atoms. The van der Waals surface area contributed by atoms with Crippen LogP contribution in [0.3, 0.4) is 0 Å². The van der Waals surface area contributed by atoms with Crippen LogP contribution in [-0.4, -0.2) is 11.1 Å². The van der Waals surface area contributed by atoms with Crippen molar-refractivity contribution in [1.82, 2.24) is 0 Å². The third kappa shape index (κ3) is 26.9. The van der Waals surface area contributed by atoms with E-state index in [9.17, 15) is 4.79 Å². The molecule has 0 aromatic heterocycles. The molecule has 2 heteroatoms. The fourth-order valence-electron chi connectivity index (χ4n) is 3.94. The minimum absolute atomic E-state index is 0.281. The van der Waals surface area contributed by atoms with Crippen LogP contribution in [0.5, 0.6) is 0 Å². The zero-order valence-corrected chi connectivity index (χ0v) is 21.1. The summed E-state index contributed by atoms with van der Waals surface area (Å²) >= 11 is 0. The minimum Gasteiger partial charge on any atom is -0.481 e. The van der Waals surface area contributed by atoms with Crippen molar-refractivity contribution < 1.29 is 9.90 Å². The number of carbonyl (C=O) groups is 1. The maximum Gasteiger partial charge on any atom is 0.303 e. The molecule has 0 aromatic carbocycles. The highest BCUT2D eigenvalue weighted by molar-refractivity contribution is 5.66. The molecule has 0 bridgehead atoms. The van der Waals surface area contributed by atoms with E-state index in [1.807, 2.05) is 0 Å². The monoisotopic (exact) mass is 434 g/mol. The summed E-state index contributed by atoms with van der Waals surface area (Å²) in [6, 6.07) is 0. The molecule has 1 unspecified atom stereocenters. The van der Waals surface area contributed by atoms with Gasteiger partial charge < -0.3 is 5.11 Å². The molecule has 182 valence electrons. The number of carboxylic acid groups (broad SMARTS) is 1. The molecule has 0 aliphatic heterocycles. The Morgan fingerprint density at radius 1 is 0.613 bits per heavy atom. The topological polar surface area (TPSA) is 37.3 Å². The van der Waals surface area contributed by atoms with Gasteiger partial charge in [-0.2, -0.15) is 0 Å². The van der Waals surface area contributed by atoms with E-state index < -0.39 is 5.97 Å². The number of carboxylic acids is 1. The van der Waals surface area contributed by atoms with Crippen molar-refractivity contribution in [2.24, 2.45) is 5.92 Å². The van der Waals surface area contributed by atoms with Gasteiger partial charge in [0.15, 0.2) is 0 Å². The summed E-state index contributed by atoms with van der Waals surface area (Å²) in [5.41, 5.74) is 0. The highest BCUT2D eigenvalue weighted by atomic mass is 16.4. The number of unbranched alkanes of at least 4 members (excludes halogenated alkanes) is 15. The lowest BCUT2D eigenvalue weighted by atomic mass is 9.99. The van der Waals surface area contributed by atoms with E-state index in [0.29, 0.717) is 0 Å². The lowest BCUT2D eigenvalue weighted by molar-refractivity contribution is -0.137. The second kappa shape index (κ2) is 25.2. The fourth-order valence-corrected chi connectivity index (χ4v) is 3.94. The lowest BCUT2D eigenvalue weighted by Gasteiger charge is -2.07. The summed E-state index contributed by atoms with van der Waals surface area (Å²) < 4.78 is 0. The Balaban J connectivity index is 3.15. The fraction of sp³-hybridized carbons (Fsp3) is 0.828. The smallest absolute Gasteiger partial charge is 0.303 e. The highest BCUT2D eigenvalue weighted by Gasteiger charge is 1.98. The van der Waals surface area contributed by atoms with Crippen molar-refractivity contribution >= 4 is 5.97 Å². The van der Waals surface area contributed by atoms with Gasteiger partial charge >= 0.3 is 5.97 Å². The molecule has 0 rings (SSSR count). The quantitative estimate of drug-likeness (QED) is 0.121. The van der Waals surface area contributed by atoms with Crippen LogP contribution in [0.4, 0.5) is 0 Å². The molecule has 0 aliphatic rings. The largest absolute Gasteiger partial charge is 0.481 e. The molecule has 0 aromatic rings. The van der Waals surface area contributed by atoms with Gasteiger partial charge in [0.1, 0.15) is 0 Å². The first-order valence-electron chi connectivity index (χ1n) is 13.7. The van der Waals surface area contributed by atoms with Crippen molar-refractivity contribution in [2.45, 2.75) is 149 Å². The highest BCUT2D eigenvalue weighted by Crippen LogP contribution is 2.16. The Hall–Kier alpha value is -1.05. The van der Waals surface area contributed by atoms with Gasteiger partial charge in [-0.15, -0.1) is 0 Å². The van der Waals surface area contributed by atoms with Crippen molar-refractivity contribution in [3.05, 3.63) is 24.3 Å². The average Bonchev–Trinajstić information content (AvgIpc) is 2.76. The number of rotatable bonds is 24. The first-order chi connectivity index (χ1) is 15.2. The van der Waals surface area contributed by atoms with Gasteiger partial charge in [-0.1, -0.05) is 128 Å². The van der Waals surface area contributed by atoms with Crippen molar-refractivity contribution in [3.63, 3.8) is 0 Å². The van der Waals surface area contributed by atoms with E-state index in [0.717, 1.165) is 31.6 Å². The summed E-state index contributed by atoms with van der Waals surface area (Å²) in [6.07, 6.45) is 35.6. The summed E-state index contributed by atoms with van der Waals surface area (Å²) in [6.45, 7) is 4.69. The number of hydrogen-bond acceptors (Lipinski definition) is 1. The molecule has 2 nitrogen and oxygen atoms in total. The van der Waals surface area contributed by atoms with Crippen LogP contribution in [0, 0.1) is 5.92 Å². The third-order valence-corrected chi connectivity index (χ3v) is 6.36. The summed E-state index contributed by atoms with van der Waals surface area (Å²) in [5, 5.41) is 8.57. The molecule has 0 saturated heterocycles. The van der Waals surface area contributed by atoms with Crippen LogP contribution in [0.25, 0.3) is 0 Å². The van der Waals surface area contributed by atoms with E-state index in [1.54, 1.807) is 0 Å². The molecule has 0 radical (unpaired) electrons. The van der Waals surface area contributed by atoms with Crippen LogP contribution < -0.4 is 0 Å². The number of allylic oxidation sites excluding steroid dienone is 4. The number of aliphatic carboxylic acids is 1. The lowest BCUT2D eigenvalue weighted by Crippen LogP contribution is -1.92. The Labute approximate surface area is 195 Å². The Morgan fingerprint density at radius 3 is 1.45 bits per heavy atom. The normalized spacial score (nSPS) is 12.8. The second-order valence-corrected chi connectivity index (χ2v) is 9.49. The summed E-state index contributed by atoms with van der Waals surface area (Å²) in [4.78, 5) is 10.4. The van der Waals surface area contributed by atoms with E-state index in [-0.39, 0.29) is 6.42 Å². The van der Waals surface area contributed by atoms with Crippen LogP contribution in [-0.2, 0) is 4.79 Å². The molecule has 1 N–H and O–H groups in total. The van der Waals surface area contributed by atoms with Crippen molar-refractivity contribution in [2.75, 3.05) is 0 Å². The van der Waals surface area contributed by atoms with E-state index in [2.05, 4.69) is 38.2 Å². The molecule has 1 atom stereocenters. The van der Waals surface area contributed by atoms with Crippen LogP contribution in [0.1, 0.15) is 149 Å². The third-order valence-electron chi connectivity index (χ3n) is 6.36. The molecular formula is C29H54O2. The number of hydrogen-bond donors (Lipinski definition) is 1. The van der Waals surface area contributed by atoms with Crippen molar-refractivity contribution in [3.8, 4) is 0 Å². The van der Waals surface area contributed by atoms with Gasteiger partial charge in [0.05, 0.1) is 0 Å². The molecule has 0 aliphatic carbocycles. The summed E-state index contributed by atoms with van der Waals surface area (Å²) in [5.74, 6) is 0.236. The molecule has 0 saturated carbocycles. The van der Waals surface area contributed by atoms with Gasteiger partial charge in [0, 0.05) is 6.42 Å². The predicted molar refractivity (Wildman–Crippen MR) is 138 cm³/mol. The SMILES string of the molecule is CCC(C)CCCCCCCCCCCCCCC/C=C\CC/C=C\CCCC(=O)O. The molecule has 0 heterocycles. The molecule has 0 fully saturated rings. The molecule has 0 amide bonds. The zero-order chi connectivity index (χ0) is 22.8. The Morgan fingerprint density at radius 2 is 1.00 bits per heavy atom. The van der Waals surface area contributed by atoms with E-state index in [4.69, 9.17) is 5.11 Å². The van der Waals surface area contributed by atoms with Crippen LogP contribution in [0.15, 0.2) is 24.3 Å². The van der Waals surface area contributed by atoms with Crippen molar-refractivity contribution in [1.29, 1.82) is 0 Å². The first-order valence-corrected chi connectivity index (χ1v) is 13.7. The molecule has 0 spiro atoms. The first kappa shape index (κ1) is 29.9. The van der Waals surface area contributed by atoms with Crippen LogP contribution in [0.2, 0.25) is 0 Å². The maximum atomic E-state index is 10.4. The average molecular weight is 435 g/mol. The summed E-state index contributed by atoms with van der Waals surface area (Å²) in [7, 11) is 0. The zero-order valence-electron chi connectivity index (χ0n) is 21.1. The predicted octanol–water partition coefficient (Wildman–Crippen LogP) is 10.0. The van der Waals surface area contributed by atoms with Gasteiger partial charge in [-0.05, 0) is 44.4 Å². The Kier molecular flexibility index (Phi) is 24.4. The molecular weight excluding hydrogens is 380 g/mol. The minimum atomic E-state index is -0.694. The van der Waals surface area contributed by atoms with Crippen LogP contribution >= 0.6 is 0 Å².